The Kier molecular flexibility index (Phi) is 7.16. The van der Waals surface area contributed by atoms with E-state index in [1.54, 1.807) is 24.4 Å². The lowest BCUT2D eigenvalue weighted by Gasteiger charge is -2.38. The number of hydrogen-bond acceptors (Lipinski definition) is 6. The van der Waals surface area contributed by atoms with Gasteiger partial charge >= 0.3 is 0 Å². The van der Waals surface area contributed by atoms with Crippen LogP contribution in [0.25, 0.3) is 0 Å². The number of aromatic nitrogens is 1. The van der Waals surface area contributed by atoms with Crippen molar-refractivity contribution in [2.24, 2.45) is 0 Å². The molecule has 9 heteroatoms. The van der Waals surface area contributed by atoms with Crippen LogP contribution in [-0.4, -0.2) is 46.1 Å². The van der Waals surface area contributed by atoms with Crippen LogP contribution in [0, 0.1) is 0 Å². The Morgan fingerprint density at radius 1 is 0.951 bits per heavy atom. The standard InChI is InChI=1S/C32H29N3O6/c36-28-11-9-25-19-27(28)32(39)33-13-4-16-40-23-6-3-5-22(18-23)31-26-10-8-24(41-25)17-21(26)12-15-35(31)30(38)20-34-14-2-1-7-29(34)37/h1-3,5-11,14,17-19,31,36H,4,12-13,15-16,20H2,(H,33,39). The highest BCUT2D eigenvalue weighted by Crippen LogP contribution is 2.39. The Morgan fingerprint density at radius 3 is 2.68 bits per heavy atom. The minimum absolute atomic E-state index is 0.0577. The molecule has 0 fully saturated rings. The predicted octanol–water partition coefficient (Wildman–Crippen LogP) is 4.03. The molecule has 208 valence electrons. The number of carbonyl (C=O) groups excluding carboxylic acids is 2. The van der Waals surface area contributed by atoms with Crippen LogP contribution in [0.15, 0.2) is 89.9 Å². The van der Waals surface area contributed by atoms with Crippen LogP contribution in [-0.2, 0) is 17.8 Å². The Morgan fingerprint density at radius 2 is 1.80 bits per heavy atom. The lowest BCUT2D eigenvalue weighted by Crippen LogP contribution is -2.43. The molecule has 8 bridgehead atoms. The Labute approximate surface area is 236 Å². The van der Waals surface area contributed by atoms with Crippen LogP contribution in [0.4, 0.5) is 0 Å². The maximum absolute atomic E-state index is 13.7. The van der Waals surface area contributed by atoms with Crippen LogP contribution in [0.5, 0.6) is 23.0 Å². The van der Waals surface area contributed by atoms with Gasteiger partial charge in [0, 0.05) is 25.4 Å². The molecule has 0 spiro atoms. The van der Waals surface area contributed by atoms with Crippen molar-refractivity contribution in [3.8, 4) is 23.0 Å². The van der Waals surface area contributed by atoms with E-state index >= 15 is 0 Å². The van der Waals surface area contributed by atoms with Crippen LogP contribution in [0.2, 0.25) is 0 Å². The van der Waals surface area contributed by atoms with Gasteiger partial charge in [0.2, 0.25) is 5.91 Å². The van der Waals surface area contributed by atoms with Gasteiger partial charge in [0.05, 0.1) is 18.2 Å². The molecule has 2 N–H and O–H groups in total. The number of phenols is 1. The minimum atomic E-state index is -0.396. The van der Waals surface area contributed by atoms with Gasteiger partial charge in [-0.05, 0) is 78.1 Å². The maximum Gasteiger partial charge on any atom is 0.255 e. The number of pyridine rings is 1. The van der Waals surface area contributed by atoms with E-state index < -0.39 is 5.91 Å². The number of aromatic hydroxyl groups is 1. The van der Waals surface area contributed by atoms with Crippen molar-refractivity contribution in [3.05, 3.63) is 118 Å². The Hall–Kier alpha value is -5.05. The zero-order chi connectivity index (χ0) is 28.3. The summed E-state index contributed by atoms with van der Waals surface area (Å²) >= 11 is 0. The first kappa shape index (κ1) is 26.2. The number of benzene rings is 3. The first-order valence-electron chi connectivity index (χ1n) is 13.6. The van der Waals surface area contributed by atoms with Gasteiger partial charge in [0.15, 0.2) is 0 Å². The summed E-state index contributed by atoms with van der Waals surface area (Å²) in [5.74, 6) is 0.963. The van der Waals surface area contributed by atoms with Crippen LogP contribution < -0.4 is 20.3 Å². The normalized spacial score (nSPS) is 16.5. The fourth-order valence-electron chi connectivity index (χ4n) is 5.35. The molecule has 3 aliphatic heterocycles. The SMILES string of the molecule is O=C1NCCCOc2cccc(c2)C2c3ccc(cc3CCN2C(=O)Cn2ccccc2=O)Oc2ccc(O)c1c2. The number of hydrogen-bond donors (Lipinski definition) is 2. The van der Waals surface area contributed by atoms with Crippen LogP contribution in [0.3, 0.4) is 0 Å². The number of rotatable bonds is 2. The third kappa shape index (κ3) is 5.51. The summed E-state index contributed by atoms with van der Waals surface area (Å²) in [5, 5.41) is 13.1. The number of phenolic OH excluding ortho intramolecular Hbond substituents is 1. The van der Waals surface area contributed by atoms with Gasteiger partial charge < -0.3 is 29.4 Å². The topological polar surface area (TPSA) is 110 Å². The lowest BCUT2D eigenvalue weighted by molar-refractivity contribution is -0.134. The molecule has 0 aliphatic carbocycles. The Bertz CT molecular complexity index is 1680. The Balaban J connectivity index is 1.40. The monoisotopic (exact) mass is 551 g/mol. The third-order valence-electron chi connectivity index (χ3n) is 7.37. The van der Waals surface area contributed by atoms with Gasteiger partial charge in [-0.2, -0.15) is 0 Å². The summed E-state index contributed by atoms with van der Waals surface area (Å²) in [6, 6.07) is 22.4. The maximum atomic E-state index is 13.7. The number of nitrogens with one attached hydrogen (secondary N) is 1. The van der Waals surface area contributed by atoms with Crippen molar-refractivity contribution < 1.29 is 24.2 Å². The first-order valence-corrected chi connectivity index (χ1v) is 13.6. The van der Waals surface area contributed by atoms with Crippen molar-refractivity contribution in [3.63, 3.8) is 0 Å². The third-order valence-corrected chi connectivity index (χ3v) is 7.37. The smallest absolute Gasteiger partial charge is 0.255 e. The van der Waals surface area contributed by atoms with Gasteiger partial charge in [0.25, 0.3) is 11.5 Å². The van der Waals surface area contributed by atoms with E-state index in [9.17, 15) is 19.5 Å². The molecule has 3 aliphatic rings. The zero-order valence-electron chi connectivity index (χ0n) is 22.3. The molecule has 0 saturated heterocycles. The molecule has 4 aromatic rings. The molecule has 1 aromatic heterocycles. The highest BCUT2D eigenvalue weighted by molar-refractivity contribution is 5.97. The number of carbonyl (C=O) groups is 2. The van der Waals surface area contributed by atoms with E-state index in [0.717, 1.165) is 16.7 Å². The number of nitrogens with zero attached hydrogens (tertiary/aromatic N) is 2. The number of fused-ring (bicyclic) bond motifs is 6. The molecular formula is C32H29N3O6. The quantitative estimate of drug-likeness (QED) is 0.389. The van der Waals surface area contributed by atoms with E-state index in [-0.39, 0.29) is 35.4 Å². The van der Waals surface area contributed by atoms with E-state index in [0.29, 0.717) is 49.8 Å². The van der Waals surface area contributed by atoms with E-state index in [1.165, 1.54) is 22.8 Å². The summed E-state index contributed by atoms with van der Waals surface area (Å²) < 4.78 is 13.5. The fraction of sp³-hybridized carbons (Fsp3) is 0.219. The molecule has 2 amide bonds. The molecule has 1 atom stereocenters. The molecular weight excluding hydrogens is 522 g/mol. The summed E-state index contributed by atoms with van der Waals surface area (Å²) in [6.45, 7) is 1.12. The van der Waals surface area contributed by atoms with Crippen molar-refractivity contribution in [2.75, 3.05) is 19.7 Å². The highest BCUT2D eigenvalue weighted by atomic mass is 16.5. The molecule has 1 unspecified atom stereocenters. The van der Waals surface area contributed by atoms with Gasteiger partial charge in [-0.3, -0.25) is 14.4 Å². The first-order chi connectivity index (χ1) is 20.0. The van der Waals surface area contributed by atoms with Gasteiger partial charge in [-0.15, -0.1) is 0 Å². The highest BCUT2D eigenvalue weighted by Gasteiger charge is 2.33. The molecule has 41 heavy (non-hydrogen) atoms. The second-order valence-corrected chi connectivity index (χ2v) is 10.1. The minimum Gasteiger partial charge on any atom is -0.507 e. The molecule has 4 heterocycles. The largest absolute Gasteiger partial charge is 0.507 e. The second-order valence-electron chi connectivity index (χ2n) is 10.1. The van der Waals surface area contributed by atoms with Gasteiger partial charge in [-0.1, -0.05) is 24.3 Å². The molecule has 9 nitrogen and oxygen atoms in total. The molecule has 3 aromatic carbocycles. The average Bonchev–Trinajstić information content (AvgIpc) is 2.98. The van der Waals surface area contributed by atoms with Crippen LogP contribution in [0.1, 0.15) is 39.5 Å². The molecule has 0 saturated carbocycles. The summed E-state index contributed by atoms with van der Waals surface area (Å²) in [5.41, 5.74) is 2.78. The lowest BCUT2D eigenvalue weighted by atomic mass is 9.87. The molecule has 0 radical (unpaired) electrons. The summed E-state index contributed by atoms with van der Waals surface area (Å²) in [7, 11) is 0. The van der Waals surface area contributed by atoms with Crippen molar-refractivity contribution in [2.45, 2.75) is 25.4 Å². The van der Waals surface area contributed by atoms with Crippen molar-refractivity contribution in [1.29, 1.82) is 0 Å². The van der Waals surface area contributed by atoms with Crippen molar-refractivity contribution >= 4 is 11.8 Å². The molecule has 7 rings (SSSR count). The van der Waals surface area contributed by atoms with E-state index in [4.69, 9.17) is 9.47 Å². The summed E-state index contributed by atoms with van der Waals surface area (Å²) in [6.07, 6.45) is 2.77. The number of amides is 2. The van der Waals surface area contributed by atoms with Crippen LogP contribution >= 0.6 is 0 Å². The predicted molar refractivity (Wildman–Crippen MR) is 151 cm³/mol. The van der Waals surface area contributed by atoms with Gasteiger partial charge in [0.1, 0.15) is 29.5 Å². The number of ether oxygens (including phenoxy) is 2. The average molecular weight is 552 g/mol. The van der Waals surface area contributed by atoms with Gasteiger partial charge in [-0.25, -0.2) is 0 Å². The van der Waals surface area contributed by atoms with Crippen molar-refractivity contribution in [1.82, 2.24) is 14.8 Å². The van der Waals surface area contributed by atoms with E-state index in [2.05, 4.69) is 5.32 Å². The zero-order valence-corrected chi connectivity index (χ0v) is 22.3. The second kappa shape index (κ2) is 11.2. The fourth-order valence-corrected chi connectivity index (χ4v) is 5.35. The summed E-state index contributed by atoms with van der Waals surface area (Å²) in [4.78, 5) is 40.5. The van der Waals surface area contributed by atoms with E-state index in [1.807, 2.05) is 47.4 Å².